The summed E-state index contributed by atoms with van der Waals surface area (Å²) in [5, 5.41) is 4.19. The maximum Gasteiger partial charge on any atom is 0.0434 e. The van der Waals surface area contributed by atoms with Gasteiger partial charge in [0, 0.05) is 22.6 Å². The molecule has 0 aliphatic heterocycles. The Labute approximate surface area is 92.2 Å². The van der Waals surface area contributed by atoms with E-state index in [0.29, 0.717) is 0 Å². The van der Waals surface area contributed by atoms with E-state index < -0.39 is 0 Å². The first kappa shape index (κ1) is 9.51. The summed E-state index contributed by atoms with van der Waals surface area (Å²) in [6.07, 6.45) is 1.78. The molecule has 2 rings (SSSR count). The van der Waals surface area contributed by atoms with Crippen molar-refractivity contribution >= 4 is 22.7 Å². The lowest BCUT2D eigenvalue weighted by Gasteiger charge is -1.84. The second-order valence-electron chi connectivity index (χ2n) is 2.87. The monoisotopic (exact) mass is 218 g/mol. The molecular weight excluding hydrogens is 208 g/mol. The highest BCUT2D eigenvalue weighted by atomic mass is 32.1. The zero-order chi connectivity index (χ0) is 9.64. The lowest BCUT2D eigenvalue weighted by atomic mass is 10.3. The topological polar surface area (TPSA) is 0 Å². The number of hydrogen-bond acceptors (Lipinski definition) is 2. The summed E-state index contributed by atoms with van der Waals surface area (Å²) in [5.41, 5.74) is 0. The minimum Gasteiger partial charge on any atom is -0.148 e. The molecule has 2 heterocycles. The van der Waals surface area contributed by atoms with Gasteiger partial charge < -0.3 is 0 Å². The van der Waals surface area contributed by atoms with E-state index in [2.05, 4.69) is 46.9 Å². The molecule has 0 spiro atoms. The Balaban J connectivity index is 1.84. The lowest BCUT2D eigenvalue weighted by molar-refractivity contribution is 1.36. The summed E-state index contributed by atoms with van der Waals surface area (Å²) in [7, 11) is 0. The van der Waals surface area contributed by atoms with Gasteiger partial charge in [-0.2, -0.15) is 0 Å². The number of rotatable bonds is 2. The average Bonchev–Trinajstić information content (AvgIpc) is 2.86. The molecule has 0 bridgehead atoms. The van der Waals surface area contributed by atoms with Gasteiger partial charge in [-0.05, 0) is 22.9 Å². The summed E-state index contributed by atoms with van der Waals surface area (Å²) >= 11 is 3.54. The van der Waals surface area contributed by atoms with Crippen molar-refractivity contribution in [2.45, 2.75) is 12.8 Å². The first-order valence-electron chi connectivity index (χ1n) is 4.45. The fraction of sp³-hybridized carbons (Fsp3) is 0.167. The van der Waals surface area contributed by atoms with Crippen molar-refractivity contribution in [3.8, 4) is 11.8 Å². The van der Waals surface area contributed by atoms with Crippen molar-refractivity contribution in [1.29, 1.82) is 0 Å². The third-order valence-corrected chi connectivity index (χ3v) is 3.56. The van der Waals surface area contributed by atoms with Crippen molar-refractivity contribution in [3.63, 3.8) is 0 Å². The van der Waals surface area contributed by atoms with E-state index >= 15 is 0 Å². The summed E-state index contributed by atoms with van der Waals surface area (Å²) in [5.74, 6) is 6.39. The van der Waals surface area contributed by atoms with Crippen LogP contribution in [0.25, 0.3) is 0 Å². The zero-order valence-corrected chi connectivity index (χ0v) is 9.33. The van der Waals surface area contributed by atoms with Crippen LogP contribution in [0.1, 0.15) is 9.75 Å². The van der Waals surface area contributed by atoms with Gasteiger partial charge in [0.1, 0.15) is 0 Å². The third kappa shape index (κ3) is 2.73. The quantitative estimate of drug-likeness (QED) is 0.676. The average molecular weight is 218 g/mol. The zero-order valence-electron chi connectivity index (χ0n) is 7.69. The minimum absolute atomic E-state index is 0.892. The molecule has 0 saturated heterocycles. The van der Waals surface area contributed by atoms with Gasteiger partial charge in [0.2, 0.25) is 0 Å². The van der Waals surface area contributed by atoms with E-state index in [4.69, 9.17) is 0 Å². The van der Waals surface area contributed by atoms with Gasteiger partial charge in [-0.15, -0.1) is 22.7 Å². The SMILES string of the molecule is C(#CCc1cccs1)Cc1cccs1. The number of thiophene rings is 2. The summed E-state index contributed by atoms with van der Waals surface area (Å²) in [6.45, 7) is 0. The van der Waals surface area contributed by atoms with Crippen molar-refractivity contribution in [1.82, 2.24) is 0 Å². The minimum atomic E-state index is 0.892. The molecule has 0 aliphatic carbocycles. The first-order valence-corrected chi connectivity index (χ1v) is 6.21. The van der Waals surface area contributed by atoms with Gasteiger partial charge in [-0.1, -0.05) is 24.0 Å². The second-order valence-corrected chi connectivity index (χ2v) is 4.93. The summed E-state index contributed by atoms with van der Waals surface area (Å²) in [4.78, 5) is 2.70. The smallest absolute Gasteiger partial charge is 0.0434 e. The normalized spacial score (nSPS) is 9.43. The van der Waals surface area contributed by atoms with E-state index in [-0.39, 0.29) is 0 Å². The maximum absolute atomic E-state index is 3.19. The van der Waals surface area contributed by atoms with Gasteiger partial charge in [0.15, 0.2) is 0 Å². The summed E-state index contributed by atoms with van der Waals surface area (Å²) < 4.78 is 0. The Bertz CT molecular complexity index is 372. The van der Waals surface area contributed by atoms with Gasteiger partial charge in [0.05, 0.1) is 0 Å². The van der Waals surface area contributed by atoms with Crippen LogP contribution in [0.15, 0.2) is 35.0 Å². The molecule has 0 unspecified atom stereocenters. The van der Waals surface area contributed by atoms with Crippen LogP contribution in [-0.2, 0) is 12.8 Å². The van der Waals surface area contributed by atoms with E-state index in [1.165, 1.54) is 9.75 Å². The Hall–Kier alpha value is -1.04. The molecule has 70 valence electrons. The predicted molar refractivity (Wildman–Crippen MR) is 63.8 cm³/mol. The van der Waals surface area contributed by atoms with Crippen LogP contribution in [0.3, 0.4) is 0 Å². The Morgan fingerprint density at radius 1 is 0.857 bits per heavy atom. The van der Waals surface area contributed by atoms with E-state index in [9.17, 15) is 0 Å². The van der Waals surface area contributed by atoms with Crippen molar-refractivity contribution in [2.24, 2.45) is 0 Å². The molecule has 0 N–H and O–H groups in total. The highest BCUT2D eigenvalue weighted by Crippen LogP contribution is 2.09. The maximum atomic E-state index is 3.19. The number of hydrogen-bond donors (Lipinski definition) is 0. The van der Waals surface area contributed by atoms with Crippen molar-refractivity contribution in [2.75, 3.05) is 0 Å². The first-order chi connectivity index (χ1) is 6.95. The predicted octanol–water partition coefficient (Wildman–Crippen LogP) is 3.60. The van der Waals surface area contributed by atoms with Crippen molar-refractivity contribution in [3.05, 3.63) is 44.8 Å². The van der Waals surface area contributed by atoms with Crippen LogP contribution in [0.4, 0.5) is 0 Å². The Morgan fingerprint density at radius 2 is 1.36 bits per heavy atom. The van der Waals surface area contributed by atoms with E-state index in [0.717, 1.165) is 12.8 Å². The lowest BCUT2D eigenvalue weighted by Crippen LogP contribution is -1.75. The Kier molecular flexibility index (Phi) is 3.39. The molecule has 14 heavy (non-hydrogen) atoms. The molecule has 0 aliphatic rings. The van der Waals surface area contributed by atoms with E-state index in [1.807, 2.05) is 0 Å². The van der Waals surface area contributed by atoms with Crippen LogP contribution < -0.4 is 0 Å². The van der Waals surface area contributed by atoms with Crippen LogP contribution in [-0.4, -0.2) is 0 Å². The van der Waals surface area contributed by atoms with E-state index in [1.54, 1.807) is 22.7 Å². The molecule has 0 fully saturated rings. The molecule has 0 aromatic carbocycles. The molecule has 0 nitrogen and oxygen atoms in total. The van der Waals surface area contributed by atoms with Crippen LogP contribution in [0.5, 0.6) is 0 Å². The molecule has 2 aromatic rings. The van der Waals surface area contributed by atoms with Crippen LogP contribution >= 0.6 is 22.7 Å². The fourth-order valence-electron chi connectivity index (χ4n) is 1.13. The Morgan fingerprint density at radius 3 is 1.71 bits per heavy atom. The molecule has 2 aromatic heterocycles. The van der Waals surface area contributed by atoms with Gasteiger partial charge in [-0.25, -0.2) is 0 Å². The largest absolute Gasteiger partial charge is 0.148 e. The fourth-order valence-corrected chi connectivity index (χ4v) is 2.41. The third-order valence-electron chi connectivity index (χ3n) is 1.81. The molecule has 0 saturated carbocycles. The molecule has 0 radical (unpaired) electrons. The second kappa shape index (κ2) is 4.99. The van der Waals surface area contributed by atoms with Crippen molar-refractivity contribution < 1.29 is 0 Å². The highest BCUT2D eigenvalue weighted by molar-refractivity contribution is 7.10. The molecule has 0 atom stereocenters. The van der Waals surface area contributed by atoms with Crippen LogP contribution in [0, 0.1) is 11.8 Å². The van der Waals surface area contributed by atoms with Gasteiger partial charge in [0.25, 0.3) is 0 Å². The molecule has 0 amide bonds. The molecule has 2 heteroatoms. The molecular formula is C12H10S2. The van der Waals surface area contributed by atoms with Crippen LogP contribution in [0.2, 0.25) is 0 Å². The van der Waals surface area contributed by atoms with Gasteiger partial charge in [-0.3, -0.25) is 0 Å². The standard InChI is InChI=1S/C12H10S2/c1(5-11-7-3-9-13-11)2-6-12-8-4-10-14-12/h3-4,7-10H,5-6H2. The highest BCUT2D eigenvalue weighted by Gasteiger charge is 1.89. The summed E-state index contributed by atoms with van der Waals surface area (Å²) in [6, 6.07) is 8.40. The van der Waals surface area contributed by atoms with Gasteiger partial charge >= 0.3 is 0 Å².